The van der Waals surface area contributed by atoms with E-state index in [2.05, 4.69) is 0 Å². The van der Waals surface area contributed by atoms with Gasteiger partial charge in [0.15, 0.2) is 0 Å². The van der Waals surface area contributed by atoms with Gasteiger partial charge in [-0.2, -0.15) is 0 Å². The minimum Gasteiger partial charge on any atom is -0.324 e. The van der Waals surface area contributed by atoms with E-state index in [1.54, 1.807) is 12.1 Å². The van der Waals surface area contributed by atoms with Crippen LogP contribution in [0, 0.1) is 0 Å². The molecule has 0 bridgehead atoms. The predicted molar refractivity (Wildman–Crippen MR) is 41.8 cm³/mol. The molecule has 1 aromatic carbocycles. The number of hydrogen-bond donors (Lipinski definition) is 1. The summed E-state index contributed by atoms with van der Waals surface area (Å²) in [6.07, 6.45) is 0. The zero-order chi connectivity index (χ0) is 7.56. The molecule has 10 heavy (non-hydrogen) atoms. The van der Waals surface area contributed by atoms with Gasteiger partial charge < -0.3 is 11.5 Å². The largest absolute Gasteiger partial charge is 0.324 e. The van der Waals surface area contributed by atoms with Crippen LogP contribution in [0.25, 0.3) is 0 Å². The Labute approximate surface area is 60.8 Å². The van der Waals surface area contributed by atoms with Gasteiger partial charge in [-0.15, -0.1) is 0 Å². The van der Waals surface area contributed by atoms with Gasteiger partial charge in [-0.25, -0.2) is 0 Å². The molecule has 1 rings (SSSR count). The highest BCUT2D eigenvalue weighted by Gasteiger charge is 1.96. The van der Waals surface area contributed by atoms with Gasteiger partial charge >= 0.3 is 0 Å². The minimum atomic E-state index is 0.0700. The third kappa shape index (κ3) is 1.48. The molecule has 0 amide bonds. The van der Waals surface area contributed by atoms with E-state index >= 15 is 0 Å². The standard InChI is InChI=1S/C8H11N2/c1-6(9)7-2-4-8(10)5-3-7/h2-6,10H,9H2,1H3. The van der Waals surface area contributed by atoms with Gasteiger partial charge in [0.2, 0.25) is 0 Å². The molecule has 2 heteroatoms. The SMILES string of the molecule is CC(N)c1ccc([NH])cc1. The molecule has 1 aromatic rings. The average Bonchev–Trinajstić information content (AvgIpc) is 1.88. The Morgan fingerprint density at radius 1 is 1.30 bits per heavy atom. The van der Waals surface area contributed by atoms with Crippen LogP contribution in [0.4, 0.5) is 5.69 Å². The number of rotatable bonds is 1. The lowest BCUT2D eigenvalue weighted by molar-refractivity contribution is 0.818. The monoisotopic (exact) mass is 135 g/mol. The Balaban J connectivity index is 2.89. The van der Waals surface area contributed by atoms with Crippen LogP contribution in [0.3, 0.4) is 0 Å². The number of nitrogens with one attached hydrogen (secondary N) is 1. The molecule has 0 saturated carbocycles. The van der Waals surface area contributed by atoms with Crippen LogP contribution in [0.5, 0.6) is 0 Å². The van der Waals surface area contributed by atoms with Crippen molar-refractivity contribution in [1.29, 1.82) is 0 Å². The first kappa shape index (κ1) is 7.09. The van der Waals surface area contributed by atoms with Crippen LogP contribution in [0.2, 0.25) is 0 Å². The van der Waals surface area contributed by atoms with Crippen molar-refractivity contribution >= 4 is 5.69 Å². The van der Waals surface area contributed by atoms with Gasteiger partial charge in [0.25, 0.3) is 0 Å². The van der Waals surface area contributed by atoms with E-state index in [1.165, 1.54) is 0 Å². The van der Waals surface area contributed by atoms with Crippen molar-refractivity contribution in [3.05, 3.63) is 29.8 Å². The highest BCUT2D eigenvalue weighted by atomic mass is 14.6. The molecule has 1 unspecified atom stereocenters. The summed E-state index contributed by atoms with van der Waals surface area (Å²) < 4.78 is 0. The maximum Gasteiger partial charge on any atom is 0.0540 e. The summed E-state index contributed by atoms with van der Waals surface area (Å²) in [5.41, 5.74) is 14.4. The lowest BCUT2D eigenvalue weighted by Gasteiger charge is -2.03. The zero-order valence-electron chi connectivity index (χ0n) is 5.96. The molecule has 0 aliphatic carbocycles. The first-order chi connectivity index (χ1) is 4.70. The Morgan fingerprint density at radius 2 is 1.80 bits per heavy atom. The number of nitrogens with two attached hydrogens (primary N) is 1. The Hall–Kier alpha value is -1.02. The summed E-state index contributed by atoms with van der Waals surface area (Å²) in [5.74, 6) is 0. The van der Waals surface area contributed by atoms with E-state index in [4.69, 9.17) is 11.5 Å². The van der Waals surface area contributed by atoms with Crippen molar-refractivity contribution in [3.8, 4) is 0 Å². The van der Waals surface area contributed by atoms with Gasteiger partial charge in [-0.3, -0.25) is 0 Å². The predicted octanol–water partition coefficient (Wildman–Crippen LogP) is 1.62. The lowest BCUT2D eigenvalue weighted by Crippen LogP contribution is -2.03. The van der Waals surface area contributed by atoms with Crippen molar-refractivity contribution in [2.24, 2.45) is 5.73 Å². The third-order valence-electron chi connectivity index (χ3n) is 1.44. The van der Waals surface area contributed by atoms with Crippen molar-refractivity contribution in [3.63, 3.8) is 0 Å². The maximum atomic E-state index is 7.19. The second-order valence-corrected chi connectivity index (χ2v) is 2.41. The maximum absolute atomic E-state index is 7.19. The van der Waals surface area contributed by atoms with Crippen molar-refractivity contribution in [2.45, 2.75) is 13.0 Å². The molecule has 3 N–H and O–H groups in total. The molecule has 1 radical (unpaired) electrons. The van der Waals surface area contributed by atoms with Gasteiger partial charge in [0, 0.05) is 6.04 Å². The fraction of sp³-hybridized carbons (Fsp3) is 0.250. The topological polar surface area (TPSA) is 49.8 Å². The molecule has 0 heterocycles. The van der Waals surface area contributed by atoms with Crippen molar-refractivity contribution in [2.75, 3.05) is 0 Å². The second-order valence-electron chi connectivity index (χ2n) is 2.41. The summed E-state index contributed by atoms with van der Waals surface area (Å²) in [7, 11) is 0. The summed E-state index contributed by atoms with van der Waals surface area (Å²) in [6.45, 7) is 1.93. The molecule has 0 aliphatic heterocycles. The molecule has 0 spiro atoms. The van der Waals surface area contributed by atoms with Crippen LogP contribution < -0.4 is 11.5 Å². The highest BCUT2D eigenvalue weighted by Crippen LogP contribution is 2.11. The molecule has 1 atom stereocenters. The fourth-order valence-electron chi connectivity index (χ4n) is 0.787. The Kier molecular flexibility index (Phi) is 1.92. The van der Waals surface area contributed by atoms with Crippen LogP contribution >= 0.6 is 0 Å². The van der Waals surface area contributed by atoms with Crippen molar-refractivity contribution in [1.82, 2.24) is 5.73 Å². The first-order valence-corrected chi connectivity index (χ1v) is 3.27. The number of benzene rings is 1. The molecule has 0 aromatic heterocycles. The summed E-state index contributed by atoms with van der Waals surface area (Å²) in [5, 5.41) is 0. The average molecular weight is 135 g/mol. The summed E-state index contributed by atoms with van der Waals surface area (Å²) in [4.78, 5) is 0. The van der Waals surface area contributed by atoms with Gasteiger partial charge in [0.05, 0.1) is 5.69 Å². The van der Waals surface area contributed by atoms with Crippen LogP contribution in [0.1, 0.15) is 18.5 Å². The lowest BCUT2D eigenvalue weighted by atomic mass is 10.1. The minimum absolute atomic E-state index is 0.0700. The highest BCUT2D eigenvalue weighted by molar-refractivity contribution is 5.36. The van der Waals surface area contributed by atoms with Gasteiger partial charge in [-0.05, 0) is 24.6 Å². The fourth-order valence-corrected chi connectivity index (χ4v) is 0.787. The second kappa shape index (κ2) is 2.71. The molecular formula is C8H11N2. The van der Waals surface area contributed by atoms with E-state index in [0.717, 1.165) is 5.56 Å². The molecule has 0 fully saturated rings. The molecule has 0 aliphatic rings. The van der Waals surface area contributed by atoms with E-state index in [9.17, 15) is 0 Å². The van der Waals surface area contributed by atoms with Crippen LogP contribution in [-0.4, -0.2) is 0 Å². The normalized spacial score (nSPS) is 13.0. The van der Waals surface area contributed by atoms with Crippen molar-refractivity contribution < 1.29 is 0 Å². The molecular weight excluding hydrogens is 124 g/mol. The Bertz CT molecular complexity index is 201. The first-order valence-electron chi connectivity index (χ1n) is 3.27. The van der Waals surface area contributed by atoms with E-state index in [0.29, 0.717) is 5.69 Å². The smallest absolute Gasteiger partial charge is 0.0540 e. The zero-order valence-corrected chi connectivity index (χ0v) is 5.96. The molecule has 53 valence electrons. The van der Waals surface area contributed by atoms with Crippen LogP contribution in [-0.2, 0) is 0 Å². The summed E-state index contributed by atoms with van der Waals surface area (Å²) >= 11 is 0. The number of hydrogen-bond acceptors (Lipinski definition) is 1. The third-order valence-corrected chi connectivity index (χ3v) is 1.44. The summed E-state index contributed by atoms with van der Waals surface area (Å²) in [6, 6.07) is 7.33. The van der Waals surface area contributed by atoms with E-state index < -0.39 is 0 Å². The van der Waals surface area contributed by atoms with Gasteiger partial charge in [-0.1, -0.05) is 12.1 Å². The van der Waals surface area contributed by atoms with E-state index in [1.807, 2.05) is 19.1 Å². The quantitative estimate of drug-likeness (QED) is 0.625. The van der Waals surface area contributed by atoms with E-state index in [-0.39, 0.29) is 6.04 Å². The molecule has 0 saturated heterocycles. The van der Waals surface area contributed by atoms with Gasteiger partial charge in [0.1, 0.15) is 0 Å². The molecule has 2 nitrogen and oxygen atoms in total. The Morgan fingerprint density at radius 3 is 2.20 bits per heavy atom. The van der Waals surface area contributed by atoms with Crippen LogP contribution in [0.15, 0.2) is 24.3 Å².